The number of hydrogen-bond donors (Lipinski definition) is 2. The first kappa shape index (κ1) is 9.57. The summed E-state index contributed by atoms with van der Waals surface area (Å²) in [6, 6.07) is 0. The molecule has 0 fully saturated rings. The molecule has 1 nitrogen and oxygen atoms in total. The molecule has 0 spiro atoms. The third-order valence-electron chi connectivity index (χ3n) is 0. The monoisotopic (exact) mass is 171 g/mol. The van der Waals surface area contributed by atoms with Crippen molar-refractivity contribution >= 4 is 30.7 Å². The average molecular weight is 172 g/mol. The molecule has 5 heteroatoms. The van der Waals surface area contributed by atoms with Crippen LogP contribution in [0, 0.1) is 0 Å². The molecule has 0 unspecified atom stereocenters. The van der Waals surface area contributed by atoms with Gasteiger partial charge in [-0.15, -0.1) is 0 Å². The fraction of sp³-hybridized carbons (Fsp3) is 0. The summed E-state index contributed by atoms with van der Waals surface area (Å²) in [7, 11) is 0. The number of rotatable bonds is 0. The van der Waals surface area contributed by atoms with E-state index < -0.39 is 6.20 Å². The third kappa shape index (κ3) is 34.3. The van der Waals surface area contributed by atoms with Gasteiger partial charge in [0.15, 0.2) is 0 Å². The SMILES string of the molecule is O=[P+](S)S.[Ni]. The van der Waals surface area contributed by atoms with E-state index in [1.54, 1.807) is 0 Å². The van der Waals surface area contributed by atoms with Crippen LogP contribution in [0.4, 0.5) is 0 Å². The minimum Gasteiger partial charge on any atom is -0.0447 e. The first-order valence-corrected chi connectivity index (χ1v) is 4.15. The van der Waals surface area contributed by atoms with E-state index >= 15 is 0 Å². The van der Waals surface area contributed by atoms with Gasteiger partial charge < -0.3 is 0 Å². The normalized spacial score (nSPS) is 5.20. The van der Waals surface area contributed by atoms with Crippen LogP contribution in [0.15, 0.2) is 0 Å². The van der Waals surface area contributed by atoms with Crippen LogP contribution in [-0.2, 0) is 21.1 Å². The molecule has 0 aliphatic rings. The Balaban J connectivity index is 0. The average Bonchev–Trinajstić information content (AvgIpc) is 0.811. The van der Waals surface area contributed by atoms with Crippen molar-refractivity contribution in [1.82, 2.24) is 0 Å². The molecule has 34 valence electrons. The number of hydrogen-bond acceptors (Lipinski definition) is 1. The van der Waals surface area contributed by atoms with Crippen LogP contribution in [-0.4, -0.2) is 0 Å². The van der Waals surface area contributed by atoms with E-state index in [-0.39, 0.29) is 16.5 Å². The van der Waals surface area contributed by atoms with Crippen molar-refractivity contribution in [1.29, 1.82) is 0 Å². The molecular weight excluding hydrogens is 170 g/mol. The zero-order valence-corrected chi connectivity index (χ0v) is 5.74. The third-order valence-corrected chi connectivity index (χ3v) is 0. The molecule has 0 aromatic rings. The van der Waals surface area contributed by atoms with E-state index in [1.807, 2.05) is 0 Å². The Kier molecular flexibility index (Phi) is 10.1. The Hall–Kier alpha value is 1.29. The smallest absolute Gasteiger partial charge is 0.0447 e. The molecule has 0 heterocycles. The van der Waals surface area contributed by atoms with E-state index in [1.165, 1.54) is 0 Å². The van der Waals surface area contributed by atoms with E-state index in [0.717, 1.165) is 0 Å². The largest absolute Gasteiger partial charge is 0.477 e. The van der Waals surface area contributed by atoms with E-state index in [9.17, 15) is 4.57 Å². The fourth-order valence-electron chi connectivity index (χ4n) is 0. The van der Waals surface area contributed by atoms with Crippen molar-refractivity contribution < 1.29 is 21.1 Å². The molecule has 0 radical (unpaired) electrons. The van der Waals surface area contributed by atoms with Crippen LogP contribution < -0.4 is 0 Å². The van der Waals surface area contributed by atoms with Gasteiger partial charge in [0.2, 0.25) is 0 Å². The predicted molar refractivity (Wildman–Crippen MR) is 25.6 cm³/mol. The molecule has 0 saturated heterocycles. The van der Waals surface area contributed by atoms with Crippen molar-refractivity contribution in [3.8, 4) is 0 Å². The Morgan fingerprint density at radius 1 is 1.40 bits per heavy atom. The van der Waals surface area contributed by atoms with Gasteiger partial charge in [0.1, 0.15) is 24.5 Å². The van der Waals surface area contributed by atoms with Crippen molar-refractivity contribution in [2.75, 3.05) is 0 Å². The van der Waals surface area contributed by atoms with Gasteiger partial charge in [0.25, 0.3) is 0 Å². The van der Waals surface area contributed by atoms with E-state index in [2.05, 4.69) is 24.5 Å². The Morgan fingerprint density at radius 3 is 1.40 bits per heavy atom. The molecular formula is H2NiOPS2+. The summed E-state index contributed by atoms with van der Waals surface area (Å²) in [5.41, 5.74) is 0. The molecule has 0 aliphatic heterocycles. The van der Waals surface area contributed by atoms with Crippen LogP contribution in [0.25, 0.3) is 0 Å². The Bertz CT molecular complexity index is 32.6. The molecule has 5 heavy (non-hydrogen) atoms. The minimum absolute atomic E-state index is 0. The van der Waals surface area contributed by atoms with Gasteiger partial charge in [-0.05, 0) is 4.57 Å². The molecule has 0 bridgehead atoms. The second-order valence-electron chi connectivity index (χ2n) is 0.253. The zero-order valence-electron chi connectivity index (χ0n) is 2.07. The first-order valence-electron chi connectivity index (χ1n) is 0.583. The summed E-state index contributed by atoms with van der Waals surface area (Å²) in [4.78, 5) is 0. The maximum atomic E-state index is 9.32. The summed E-state index contributed by atoms with van der Waals surface area (Å²) in [6.45, 7) is 0. The van der Waals surface area contributed by atoms with Crippen LogP contribution in [0.1, 0.15) is 0 Å². The molecule has 0 saturated carbocycles. The van der Waals surface area contributed by atoms with Crippen LogP contribution in [0.3, 0.4) is 0 Å². The molecule has 0 aromatic heterocycles. The molecule has 0 amide bonds. The van der Waals surface area contributed by atoms with Crippen molar-refractivity contribution in [2.45, 2.75) is 0 Å². The summed E-state index contributed by atoms with van der Waals surface area (Å²) in [5.74, 6) is 0. The van der Waals surface area contributed by atoms with Gasteiger partial charge in [-0.25, -0.2) is 0 Å². The fourth-order valence-corrected chi connectivity index (χ4v) is 0. The van der Waals surface area contributed by atoms with E-state index in [4.69, 9.17) is 0 Å². The topological polar surface area (TPSA) is 17.1 Å². The van der Waals surface area contributed by atoms with Gasteiger partial charge in [0, 0.05) is 16.5 Å². The van der Waals surface area contributed by atoms with Crippen LogP contribution in [0.2, 0.25) is 0 Å². The van der Waals surface area contributed by atoms with Gasteiger partial charge in [-0.3, -0.25) is 0 Å². The maximum Gasteiger partial charge on any atom is 0.477 e. The Morgan fingerprint density at radius 2 is 1.40 bits per heavy atom. The molecule has 0 rings (SSSR count). The quantitative estimate of drug-likeness (QED) is 0.321. The van der Waals surface area contributed by atoms with Crippen molar-refractivity contribution in [3.63, 3.8) is 0 Å². The maximum absolute atomic E-state index is 9.32. The van der Waals surface area contributed by atoms with Gasteiger partial charge in [0.05, 0.1) is 0 Å². The van der Waals surface area contributed by atoms with Crippen LogP contribution in [0.5, 0.6) is 0 Å². The minimum atomic E-state index is -1.48. The van der Waals surface area contributed by atoms with Gasteiger partial charge in [-0.1, -0.05) is 0 Å². The summed E-state index contributed by atoms with van der Waals surface area (Å²) in [5, 5.41) is 0. The molecule has 0 atom stereocenters. The predicted octanol–water partition coefficient (Wildman–Crippen LogP) is 1.50. The molecule has 0 aliphatic carbocycles. The second-order valence-corrected chi connectivity index (χ2v) is 3.88. The number of thiol groups is 2. The summed E-state index contributed by atoms with van der Waals surface area (Å²) >= 11 is 6.68. The zero-order chi connectivity index (χ0) is 3.58. The Labute approximate surface area is 51.9 Å². The van der Waals surface area contributed by atoms with Crippen molar-refractivity contribution in [3.05, 3.63) is 0 Å². The second kappa shape index (κ2) is 5.29. The van der Waals surface area contributed by atoms with Crippen LogP contribution >= 0.6 is 30.7 Å². The molecule has 0 aromatic carbocycles. The molecule has 0 N–H and O–H groups in total. The summed E-state index contributed by atoms with van der Waals surface area (Å²) < 4.78 is 9.32. The summed E-state index contributed by atoms with van der Waals surface area (Å²) in [6.07, 6.45) is -1.48. The first-order chi connectivity index (χ1) is 1.73. The van der Waals surface area contributed by atoms with E-state index in [0.29, 0.717) is 0 Å². The van der Waals surface area contributed by atoms with Crippen molar-refractivity contribution in [2.24, 2.45) is 0 Å². The standard InChI is InChI=1S/Ni.HOPS2/c;1-2(3)4/h;(H-,1,3,4)/p+1. The van der Waals surface area contributed by atoms with Gasteiger partial charge in [-0.2, -0.15) is 0 Å². The van der Waals surface area contributed by atoms with Gasteiger partial charge >= 0.3 is 6.20 Å².